The van der Waals surface area contributed by atoms with E-state index in [4.69, 9.17) is 14.2 Å². The van der Waals surface area contributed by atoms with Gasteiger partial charge in [0.1, 0.15) is 16.9 Å². The fourth-order valence-corrected chi connectivity index (χ4v) is 3.33. The number of hydrogen-bond acceptors (Lipinski definition) is 7. The van der Waals surface area contributed by atoms with Gasteiger partial charge in [-0.1, -0.05) is 30.3 Å². The Hall–Kier alpha value is -3.88. The Morgan fingerprint density at radius 1 is 0.914 bits per heavy atom. The second-order valence-electron chi connectivity index (χ2n) is 9.80. The Morgan fingerprint density at radius 3 is 2.00 bits per heavy atom. The van der Waals surface area contributed by atoms with Gasteiger partial charge in [0.2, 0.25) is 0 Å². The molecule has 35 heavy (non-hydrogen) atoms. The minimum Gasteiger partial charge on any atom is -0.461 e. The van der Waals surface area contributed by atoms with Gasteiger partial charge >= 0.3 is 18.2 Å². The number of benzene rings is 1. The molecule has 0 saturated heterocycles. The summed E-state index contributed by atoms with van der Waals surface area (Å²) < 4.78 is 17.8. The van der Waals surface area contributed by atoms with Crippen LogP contribution in [0.2, 0.25) is 0 Å². The molecular weight excluding hydrogens is 450 g/mol. The van der Waals surface area contributed by atoms with Crippen LogP contribution in [0.4, 0.5) is 15.3 Å². The molecule has 0 fully saturated rings. The number of carbonyl (C=O) groups is 3. The van der Waals surface area contributed by atoms with Crippen LogP contribution in [-0.4, -0.2) is 45.3 Å². The van der Waals surface area contributed by atoms with Crippen molar-refractivity contribution < 1.29 is 28.6 Å². The highest BCUT2D eigenvalue weighted by molar-refractivity contribution is 6.15. The van der Waals surface area contributed by atoms with E-state index >= 15 is 0 Å². The maximum absolute atomic E-state index is 13.4. The molecule has 3 rings (SSSR count). The minimum absolute atomic E-state index is 0.123. The molecule has 2 aromatic heterocycles. The number of fused-ring (bicyclic) bond motifs is 1. The lowest BCUT2D eigenvalue weighted by Gasteiger charge is -2.29. The largest absolute Gasteiger partial charge is 0.461 e. The van der Waals surface area contributed by atoms with E-state index in [1.54, 1.807) is 60.7 Å². The van der Waals surface area contributed by atoms with E-state index in [1.165, 1.54) is 10.6 Å². The summed E-state index contributed by atoms with van der Waals surface area (Å²) in [6.45, 7) is 12.1. The Morgan fingerprint density at radius 2 is 1.49 bits per heavy atom. The highest BCUT2D eigenvalue weighted by Gasteiger charge is 2.36. The van der Waals surface area contributed by atoms with E-state index in [0.29, 0.717) is 5.56 Å². The Kier molecular flexibility index (Phi) is 7.19. The summed E-state index contributed by atoms with van der Waals surface area (Å²) in [5.74, 6) is -0.584. The van der Waals surface area contributed by atoms with E-state index in [1.807, 2.05) is 30.3 Å². The summed E-state index contributed by atoms with van der Waals surface area (Å²) in [6, 6.07) is 10.9. The van der Waals surface area contributed by atoms with Crippen molar-refractivity contribution in [2.75, 3.05) is 11.5 Å². The molecule has 0 aliphatic heterocycles. The molecule has 0 aliphatic carbocycles. The van der Waals surface area contributed by atoms with Gasteiger partial charge < -0.3 is 14.2 Å². The Bertz CT molecular complexity index is 1210. The normalized spacial score (nSPS) is 11.7. The molecule has 0 unspecified atom stereocenters. The molecule has 186 valence electrons. The third kappa shape index (κ3) is 5.98. The molecule has 0 bridgehead atoms. The van der Waals surface area contributed by atoms with Gasteiger partial charge in [-0.2, -0.15) is 4.90 Å². The number of ether oxygens (including phenoxy) is 3. The average molecular weight is 482 g/mol. The van der Waals surface area contributed by atoms with Crippen LogP contribution >= 0.6 is 0 Å². The van der Waals surface area contributed by atoms with Crippen molar-refractivity contribution in [3.05, 3.63) is 54.5 Å². The van der Waals surface area contributed by atoms with E-state index in [-0.39, 0.29) is 23.6 Å². The first kappa shape index (κ1) is 25.7. The highest BCUT2D eigenvalue weighted by Crippen LogP contribution is 2.36. The van der Waals surface area contributed by atoms with Gasteiger partial charge in [-0.3, -0.25) is 4.40 Å². The van der Waals surface area contributed by atoms with Crippen LogP contribution in [0.5, 0.6) is 0 Å². The summed E-state index contributed by atoms with van der Waals surface area (Å²) in [7, 11) is 0. The van der Waals surface area contributed by atoms with Gasteiger partial charge in [0.05, 0.1) is 12.8 Å². The van der Waals surface area contributed by atoms with Crippen LogP contribution in [0.3, 0.4) is 0 Å². The maximum atomic E-state index is 13.4. The molecule has 0 spiro atoms. The zero-order chi connectivity index (χ0) is 26.0. The molecule has 3 aromatic rings. The molecule has 9 nitrogen and oxygen atoms in total. The van der Waals surface area contributed by atoms with Crippen molar-refractivity contribution in [1.29, 1.82) is 0 Å². The van der Waals surface area contributed by atoms with Crippen LogP contribution in [0.1, 0.15) is 59.0 Å². The van der Waals surface area contributed by atoms with Gasteiger partial charge in [-0.05, 0) is 60.1 Å². The van der Waals surface area contributed by atoms with E-state index in [0.717, 1.165) is 10.5 Å². The van der Waals surface area contributed by atoms with Crippen molar-refractivity contribution in [2.24, 2.45) is 0 Å². The maximum Gasteiger partial charge on any atom is 0.424 e. The number of imidazole rings is 1. The third-order valence-electron chi connectivity index (χ3n) is 4.60. The first-order valence-corrected chi connectivity index (χ1v) is 11.3. The fraction of sp³-hybridized carbons (Fsp3) is 0.385. The fourth-order valence-electron chi connectivity index (χ4n) is 3.33. The monoisotopic (exact) mass is 481 g/mol. The van der Waals surface area contributed by atoms with Crippen molar-refractivity contribution in [3.8, 4) is 11.1 Å². The summed E-state index contributed by atoms with van der Waals surface area (Å²) in [4.78, 5) is 44.6. The lowest BCUT2D eigenvalue weighted by atomic mass is 10.0. The number of amides is 2. The zero-order valence-electron chi connectivity index (χ0n) is 21.1. The zero-order valence-corrected chi connectivity index (χ0v) is 21.1. The number of carbonyl (C=O) groups excluding carboxylic acids is 3. The number of rotatable bonds is 4. The quantitative estimate of drug-likeness (QED) is 0.340. The van der Waals surface area contributed by atoms with Crippen LogP contribution in [0.15, 0.2) is 48.8 Å². The first-order chi connectivity index (χ1) is 16.3. The summed E-state index contributed by atoms with van der Waals surface area (Å²) in [5, 5.41) is 0. The standard InChI is InChI=1S/C26H31N3O6/c1-8-33-22(30)19-16-27-21-20(18(14-15-28(19)21)17-12-10-9-11-13-17)29(23(31)34-25(2,3)4)24(32)35-26(5,6)7/h9-16H,8H2,1-7H3. The molecule has 0 saturated carbocycles. The predicted molar refractivity (Wildman–Crippen MR) is 132 cm³/mol. The van der Waals surface area contributed by atoms with Crippen LogP contribution in [0.25, 0.3) is 16.8 Å². The number of pyridine rings is 1. The number of hydrogen-bond donors (Lipinski definition) is 0. The first-order valence-electron chi connectivity index (χ1n) is 11.3. The lowest BCUT2D eigenvalue weighted by Crippen LogP contribution is -2.44. The van der Waals surface area contributed by atoms with Crippen LogP contribution in [0, 0.1) is 0 Å². The van der Waals surface area contributed by atoms with Crippen molar-refractivity contribution in [1.82, 2.24) is 9.38 Å². The highest BCUT2D eigenvalue weighted by atomic mass is 16.6. The van der Waals surface area contributed by atoms with Gasteiger partial charge in [-0.25, -0.2) is 19.4 Å². The molecule has 2 amide bonds. The van der Waals surface area contributed by atoms with E-state index in [2.05, 4.69) is 4.98 Å². The summed E-state index contributed by atoms with van der Waals surface area (Å²) in [6.07, 6.45) is 1.12. The van der Waals surface area contributed by atoms with E-state index in [9.17, 15) is 14.4 Å². The van der Waals surface area contributed by atoms with Gasteiger partial charge in [-0.15, -0.1) is 0 Å². The molecule has 0 N–H and O–H groups in total. The topological polar surface area (TPSA) is 99.4 Å². The number of imide groups is 1. The second kappa shape index (κ2) is 9.77. The summed E-state index contributed by atoms with van der Waals surface area (Å²) >= 11 is 0. The molecule has 2 heterocycles. The number of anilines is 1. The predicted octanol–water partition coefficient (Wildman–Crippen LogP) is 5.85. The second-order valence-corrected chi connectivity index (χ2v) is 9.80. The Balaban J connectivity index is 2.33. The van der Waals surface area contributed by atoms with Crippen molar-refractivity contribution in [3.63, 3.8) is 0 Å². The molecular formula is C26H31N3O6. The SMILES string of the molecule is CCOC(=O)c1cnc2c(N(C(=O)OC(C)(C)C)C(=O)OC(C)(C)C)c(-c3ccccc3)ccn12. The van der Waals surface area contributed by atoms with Crippen molar-refractivity contribution in [2.45, 2.75) is 59.7 Å². The number of aromatic nitrogens is 2. The minimum atomic E-state index is -0.933. The van der Waals surface area contributed by atoms with Crippen LogP contribution < -0.4 is 4.90 Å². The molecule has 9 heteroatoms. The molecule has 0 atom stereocenters. The van der Waals surface area contributed by atoms with Crippen LogP contribution in [-0.2, 0) is 14.2 Å². The van der Waals surface area contributed by atoms with Gasteiger partial charge in [0, 0.05) is 11.8 Å². The average Bonchev–Trinajstić information content (AvgIpc) is 3.17. The molecule has 0 radical (unpaired) electrons. The Labute approximate surface area is 204 Å². The number of esters is 1. The third-order valence-corrected chi connectivity index (χ3v) is 4.60. The summed E-state index contributed by atoms with van der Waals surface area (Å²) in [5.41, 5.74) is -0.0691. The molecule has 1 aromatic carbocycles. The smallest absolute Gasteiger partial charge is 0.424 e. The van der Waals surface area contributed by atoms with Gasteiger partial charge in [0.15, 0.2) is 11.3 Å². The van der Waals surface area contributed by atoms with E-state index < -0.39 is 29.4 Å². The van der Waals surface area contributed by atoms with Gasteiger partial charge in [0.25, 0.3) is 0 Å². The lowest BCUT2D eigenvalue weighted by molar-refractivity contribution is 0.0429. The molecule has 0 aliphatic rings. The van der Waals surface area contributed by atoms with Crippen molar-refractivity contribution >= 4 is 29.5 Å². The number of nitrogens with zero attached hydrogens (tertiary/aromatic N) is 3.